The minimum Gasteiger partial charge on any atom is -0.158 e. The highest BCUT2D eigenvalue weighted by Gasteiger charge is 2.36. The van der Waals surface area contributed by atoms with E-state index in [9.17, 15) is 0 Å². The number of rotatable bonds is 3. The summed E-state index contributed by atoms with van der Waals surface area (Å²) in [6.07, 6.45) is 6.69. The summed E-state index contributed by atoms with van der Waals surface area (Å²) in [7, 11) is 0. The summed E-state index contributed by atoms with van der Waals surface area (Å²) < 4.78 is 0. The molecule has 0 N–H and O–H groups in total. The summed E-state index contributed by atoms with van der Waals surface area (Å²) >= 11 is 0. The molecule has 0 aromatic heterocycles. The van der Waals surface area contributed by atoms with Gasteiger partial charge < -0.3 is 0 Å². The largest absolute Gasteiger partial charge is 0.234 e. The van der Waals surface area contributed by atoms with Crippen molar-refractivity contribution in [1.29, 1.82) is 0 Å². The first-order valence-corrected chi connectivity index (χ1v) is 5.58. The predicted molar refractivity (Wildman–Crippen MR) is 67.7 cm³/mol. The van der Waals surface area contributed by atoms with Gasteiger partial charge in [0.1, 0.15) is 0 Å². The molecule has 0 unspecified atom stereocenters. The van der Waals surface area contributed by atoms with Crippen molar-refractivity contribution in [2.24, 2.45) is 10.8 Å². The van der Waals surface area contributed by atoms with Crippen molar-refractivity contribution in [1.82, 2.24) is 0 Å². The molecule has 0 aliphatic heterocycles. The molecule has 0 aliphatic rings. The van der Waals surface area contributed by atoms with E-state index >= 15 is 0 Å². The van der Waals surface area contributed by atoms with Crippen LogP contribution in [0, 0.1) is 23.1 Å². The van der Waals surface area contributed by atoms with E-state index in [1.54, 1.807) is 0 Å². The maximum atomic E-state index is 5.57. The maximum Gasteiger partial charge on any atom is 0.234 e. The van der Waals surface area contributed by atoms with Crippen LogP contribution in [0.3, 0.4) is 0 Å². The van der Waals surface area contributed by atoms with E-state index in [4.69, 9.17) is 6.42 Å². The fraction of sp³-hybridized carbons (Fsp3) is 0.846. The van der Waals surface area contributed by atoms with Gasteiger partial charge in [-0.05, 0) is 10.8 Å². The quantitative estimate of drug-likeness (QED) is 0.465. The first-order chi connectivity index (χ1) is 6.12. The van der Waals surface area contributed by atoms with Crippen molar-refractivity contribution in [2.75, 3.05) is 0 Å². The van der Waals surface area contributed by atoms with Gasteiger partial charge in [-0.25, -0.2) is 0 Å². The minimum absolute atomic E-state index is 0.300. The first-order valence-electron chi connectivity index (χ1n) is 5.58. The Kier molecular flexibility index (Phi) is 4.31. The number of hydrogen-bond donors (Lipinski definition) is 0. The maximum absolute atomic E-state index is 5.57. The van der Waals surface area contributed by atoms with Gasteiger partial charge in [0.15, 0.2) is 0 Å². The third kappa shape index (κ3) is 3.41. The molecule has 14 heavy (non-hydrogen) atoms. The van der Waals surface area contributed by atoms with E-state index < -0.39 is 0 Å². The third-order valence-corrected chi connectivity index (χ3v) is 3.78. The van der Waals surface area contributed by atoms with Crippen LogP contribution in [0.1, 0.15) is 48.5 Å². The summed E-state index contributed by atoms with van der Waals surface area (Å²) in [5.74, 6) is 3.51. The van der Waals surface area contributed by atoms with Gasteiger partial charge in [0.2, 0.25) is 6.71 Å². The summed E-state index contributed by atoms with van der Waals surface area (Å²) in [5, 5.41) is 0. The van der Waals surface area contributed by atoms with Gasteiger partial charge in [0.05, 0.1) is 0 Å². The fourth-order valence-electron chi connectivity index (χ4n) is 1.34. The zero-order chi connectivity index (χ0) is 11.6. The Hall–Kier alpha value is -0.375. The Morgan fingerprint density at radius 3 is 1.79 bits per heavy atom. The molecule has 0 amide bonds. The van der Waals surface area contributed by atoms with Gasteiger partial charge in [-0.2, -0.15) is 5.82 Å². The topological polar surface area (TPSA) is 0 Å². The molecule has 80 valence electrons. The van der Waals surface area contributed by atoms with Gasteiger partial charge in [0, 0.05) is 0 Å². The van der Waals surface area contributed by atoms with Crippen LogP contribution in [0.5, 0.6) is 0 Å². The van der Waals surface area contributed by atoms with Gasteiger partial charge in [-0.1, -0.05) is 60.6 Å². The highest BCUT2D eigenvalue weighted by molar-refractivity contribution is 6.68. The molecule has 0 atom stereocenters. The lowest BCUT2D eigenvalue weighted by Crippen LogP contribution is -2.34. The van der Waals surface area contributed by atoms with Crippen molar-refractivity contribution in [3.63, 3.8) is 0 Å². The van der Waals surface area contributed by atoms with E-state index in [-0.39, 0.29) is 0 Å². The van der Waals surface area contributed by atoms with Gasteiger partial charge in [-0.15, -0.1) is 6.42 Å². The van der Waals surface area contributed by atoms with Crippen LogP contribution in [-0.4, -0.2) is 6.71 Å². The highest BCUT2D eigenvalue weighted by atomic mass is 14.3. The standard InChI is InChI=1S/C13H25B/c1-9-14(11(2)3)10-13(7,8)12(4,5)6/h1,11H,10H2,2-8H3. The van der Waals surface area contributed by atoms with Crippen LogP contribution < -0.4 is 0 Å². The zero-order valence-corrected chi connectivity index (χ0v) is 10.9. The Balaban J connectivity index is 4.59. The lowest BCUT2D eigenvalue weighted by molar-refractivity contribution is 0.155. The summed E-state index contributed by atoms with van der Waals surface area (Å²) in [6.45, 7) is 16.3. The molecule has 1 heteroatoms. The smallest absolute Gasteiger partial charge is 0.158 e. The van der Waals surface area contributed by atoms with E-state index in [1.807, 2.05) is 0 Å². The van der Waals surface area contributed by atoms with E-state index in [1.165, 1.54) is 0 Å². The van der Waals surface area contributed by atoms with Gasteiger partial charge in [-0.3, -0.25) is 0 Å². The van der Waals surface area contributed by atoms with Crippen molar-refractivity contribution < 1.29 is 0 Å². The van der Waals surface area contributed by atoms with Crippen LogP contribution in [0.4, 0.5) is 0 Å². The number of terminal acetylenes is 1. The monoisotopic (exact) mass is 192 g/mol. The first kappa shape index (κ1) is 13.6. The molecule has 0 fully saturated rings. The van der Waals surface area contributed by atoms with Gasteiger partial charge >= 0.3 is 0 Å². The van der Waals surface area contributed by atoms with Crippen LogP contribution in [0.15, 0.2) is 0 Å². The molecule has 0 spiro atoms. The molecule has 0 nitrogen and oxygen atoms in total. The molecule has 0 saturated carbocycles. The van der Waals surface area contributed by atoms with Gasteiger partial charge in [0.25, 0.3) is 0 Å². The van der Waals surface area contributed by atoms with Crippen molar-refractivity contribution in [3.05, 3.63) is 0 Å². The summed E-state index contributed by atoms with van der Waals surface area (Å²) in [5.41, 5.74) is 0.616. The minimum atomic E-state index is 0.300. The molecule has 0 aliphatic carbocycles. The number of hydrogen-bond acceptors (Lipinski definition) is 0. The van der Waals surface area contributed by atoms with E-state index in [0.717, 1.165) is 6.32 Å². The Morgan fingerprint density at radius 2 is 1.57 bits per heavy atom. The van der Waals surface area contributed by atoms with E-state index in [0.29, 0.717) is 23.4 Å². The SMILES string of the molecule is C#CB(CC(C)(C)C(C)(C)C)C(C)C. The molecule has 0 heterocycles. The molecular formula is C13H25B. The molecule has 0 radical (unpaired) electrons. The molecule has 0 saturated heterocycles. The van der Waals surface area contributed by atoms with Crippen molar-refractivity contribution in [3.8, 4) is 12.2 Å². The Labute approximate surface area is 90.9 Å². The normalized spacial score (nSPS) is 12.8. The molecule has 0 aromatic rings. The molecular weight excluding hydrogens is 167 g/mol. The molecule has 0 rings (SSSR count). The lowest BCUT2D eigenvalue weighted by Gasteiger charge is -2.40. The molecule has 0 aromatic carbocycles. The summed E-state index contributed by atoms with van der Waals surface area (Å²) in [6, 6.07) is 0. The Morgan fingerprint density at radius 1 is 1.14 bits per heavy atom. The van der Waals surface area contributed by atoms with Crippen LogP contribution in [0.25, 0.3) is 0 Å². The Bertz CT molecular complexity index is 212. The van der Waals surface area contributed by atoms with Crippen LogP contribution >= 0.6 is 0 Å². The van der Waals surface area contributed by atoms with E-state index in [2.05, 4.69) is 54.3 Å². The zero-order valence-electron chi connectivity index (χ0n) is 10.9. The predicted octanol–water partition coefficient (Wildman–Crippen LogP) is 4.14. The lowest BCUT2D eigenvalue weighted by atomic mass is 9.35. The van der Waals surface area contributed by atoms with Crippen LogP contribution in [-0.2, 0) is 0 Å². The molecule has 0 bridgehead atoms. The second-order valence-electron chi connectivity index (χ2n) is 6.36. The second kappa shape index (κ2) is 4.43. The average Bonchev–Trinajstić information content (AvgIpc) is 1.97. The van der Waals surface area contributed by atoms with Crippen molar-refractivity contribution in [2.45, 2.75) is 60.6 Å². The van der Waals surface area contributed by atoms with Crippen molar-refractivity contribution >= 4 is 6.71 Å². The second-order valence-corrected chi connectivity index (χ2v) is 6.36. The third-order valence-electron chi connectivity index (χ3n) is 3.78. The highest BCUT2D eigenvalue weighted by Crippen LogP contribution is 2.43. The fourth-order valence-corrected chi connectivity index (χ4v) is 1.34. The van der Waals surface area contributed by atoms with Crippen LogP contribution in [0.2, 0.25) is 12.1 Å². The average molecular weight is 192 g/mol. The summed E-state index contributed by atoms with van der Waals surface area (Å²) in [4.78, 5) is 0.